The summed E-state index contributed by atoms with van der Waals surface area (Å²) in [6.45, 7) is 14.2. The summed E-state index contributed by atoms with van der Waals surface area (Å²) >= 11 is 0. The molecule has 0 spiro atoms. The lowest BCUT2D eigenvalue weighted by Crippen LogP contribution is -2.62. The van der Waals surface area contributed by atoms with Crippen molar-refractivity contribution in [1.82, 2.24) is 0 Å². The largest absolute Gasteiger partial charge is 0.504 e. The molecule has 0 saturated heterocycles. The highest BCUT2D eigenvalue weighted by atomic mass is 16.5. The Hall–Kier alpha value is -4.58. The first kappa shape index (κ1) is 39.1. The van der Waals surface area contributed by atoms with Crippen LogP contribution in [0.4, 0.5) is 0 Å². The van der Waals surface area contributed by atoms with Crippen LogP contribution in [0.25, 0.3) is 6.08 Å². The number of allylic oxidation sites excluding steroid dienone is 7. The summed E-state index contributed by atoms with van der Waals surface area (Å²) in [4.78, 5) is 38.6. The second kappa shape index (κ2) is 14.2. The molecule has 9 heteroatoms. The number of nitrogens with zero attached hydrogens (tertiary/aromatic N) is 1. The highest BCUT2D eigenvalue weighted by Crippen LogP contribution is 2.75. The van der Waals surface area contributed by atoms with Crippen molar-refractivity contribution in [3.8, 4) is 17.6 Å². The third-order valence-corrected chi connectivity index (χ3v) is 14.4. The lowest BCUT2D eigenvalue weighted by molar-refractivity contribution is -0.182. The monoisotopic (exact) mass is 737 g/mol. The average molecular weight is 738 g/mol. The van der Waals surface area contributed by atoms with Crippen molar-refractivity contribution < 1.29 is 38.4 Å². The van der Waals surface area contributed by atoms with Crippen molar-refractivity contribution in [2.24, 2.45) is 33.0 Å². The number of unbranched alkanes of at least 4 members (excludes halogenated alkanes) is 1. The molecule has 288 valence electrons. The van der Waals surface area contributed by atoms with Crippen molar-refractivity contribution in [2.45, 2.75) is 99.3 Å². The van der Waals surface area contributed by atoms with Crippen LogP contribution < -0.4 is 9.47 Å². The molecule has 0 amide bonds. The number of aliphatic hydroxyl groups excluding tert-OH is 1. The Bertz CT molecular complexity index is 1960. The number of nitriles is 1. The Morgan fingerprint density at radius 2 is 1.69 bits per heavy atom. The summed E-state index contributed by atoms with van der Waals surface area (Å²) in [6.07, 6.45) is 15.4. The van der Waals surface area contributed by atoms with E-state index in [-0.39, 0.29) is 44.7 Å². The minimum atomic E-state index is -0.712. The van der Waals surface area contributed by atoms with E-state index in [0.29, 0.717) is 54.6 Å². The highest BCUT2D eigenvalue weighted by molar-refractivity contribution is 6.06. The Morgan fingerprint density at radius 1 is 0.963 bits per heavy atom. The van der Waals surface area contributed by atoms with Crippen molar-refractivity contribution in [1.29, 1.82) is 5.26 Å². The van der Waals surface area contributed by atoms with Gasteiger partial charge in [-0.2, -0.15) is 5.26 Å². The van der Waals surface area contributed by atoms with Crippen LogP contribution in [-0.2, 0) is 23.9 Å². The van der Waals surface area contributed by atoms with E-state index >= 15 is 0 Å². The molecular formula is C45H55NO8. The number of fused-ring (bicyclic) bond motifs is 7. The zero-order chi connectivity index (χ0) is 39.3. The predicted molar refractivity (Wildman–Crippen MR) is 205 cm³/mol. The molecule has 9 nitrogen and oxygen atoms in total. The molecule has 0 bridgehead atoms. The van der Waals surface area contributed by atoms with Gasteiger partial charge in [-0.15, -0.1) is 0 Å². The van der Waals surface area contributed by atoms with Gasteiger partial charge in [-0.1, -0.05) is 51.5 Å². The molecule has 3 saturated carbocycles. The summed E-state index contributed by atoms with van der Waals surface area (Å²) in [6, 6.07) is 7.00. The molecule has 1 aromatic rings. The molecule has 5 aliphatic rings. The number of aliphatic hydroxyl groups is 1. The first-order valence-corrected chi connectivity index (χ1v) is 19.3. The van der Waals surface area contributed by atoms with Crippen molar-refractivity contribution in [3.05, 3.63) is 75.6 Å². The van der Waals surface area contributed by atoms with Crippen LogP contribution >= 0.6 is 0 Å². The van der Waals surface area contributed by atoms with Gasteiger partial charge in [-0.3, -0.25) is 9.59 Å². The van der Waals surface area contributed by atoms with E-state index in [2.05, 4.69) is 51.5 Å². The van der Waals surface area contributed by atoms with Gasteiger partial charge in [0, 0.05) is 11.0 Å². The number of carbonyl (C=O) groups excluding carboxylic acids is 3. The standard InChI is InChI=1S/C45H55NO8/c1-28-31-12-14-36-43(4,32(31)25-33(47)38(28)48)18-20-45(6)37-26-42(3,16-15-41(37,2)17-19-44(36,45)5)40(50)54-22-10-9-21-53-35-24-29(11-13-34(35)51-7)23-30(27-46)39(49)52-8/h11-14,23-25,37,48H,9-10,15-22,26H2,1-8H3/b30-23-/t37-,41-,42-,43+,44-,45+/m1/s1. The molecule has 3 fully saturated rings. The second-order valence-corrected chi connectivity index (χ2v) is 17.4. The molecule has 0 unspecified atom stereocenters. The van der Waals surface area contributed by atoms with E-state index in [1.165, 1.54) is 18.8 Å². The van der Waals surface area contributed by atoms with Crippen molar-refractivity contribution >= 4 is 23.8 Å². The normalized spacial score (nSPS) is 33.0. The minimum absolute atomic E-state index is 0.0497. The number of rotatable bonds is 10. The minimum Gasteiger partial charge on any atom is -0.504 e. The lowest BCUT2D eigenvalue weighted by Gasteiger charge is -2.70. The van der Waals surface area contributed by atoms with Crippen LogP contribution in [0.3, 0.4) is 0 Å². The molecule has 1 N–H and O–H groups in total. The van der Waals surface area contributed by atoms with Gasteiger partial charge in [0.25, 0.3) is 0 Å². The second-order valence-electron chi connectivity index (χ2n) is 17.4. The van der Waals surface area contributed by atoms with Crippen molar-refractivity contribution in [3.63, 3.8) is 0 Å². The summed E-state index contributed by atoms with van der Waals surface area (Å²) in [5.41, 5.74) is 3.62. The van der Waals surface area contributed by atoms with Crippen LogP contribution in [0.2, 0.25) is 0 Å². The molecule has 54 heavy (non-hydrogen) atoms. The number of hydrogen-bond acceptors (Lipinski definition) is 9. The first-order chi connectivity index (χ1) is 25.5. The molecule has 5 aliphatic carbocycles. The smallest absolute Gasteiger partial charge is 0.348 e. The fourth-order valence-corrected chi connectivity index (χ4v) is 10.7. The predicted octanol–water partition coefficient (Wildman–Crippen LogP) is 9.10. The Morgan fingerprint density at radius 3 is 2.39 bits per heavy atom. The topological polar surface area (TPSA) is 132 Å². The maximum atomic E-state index is 13.9. The van der Waals surface area contributed by atoms with Gasteiger partial charge in [-0.25, -0.2) is 4.79 Å². The zero-order valence-corrected chi connectivity index (χ0v) is 33.1. The highest BCUT2D eigenvalue weighted by Gasteiger charge is 2.67. The maximum Gasteiger partial charge on any atom is 0.348 e. The average Bonchev–Trinajstić information content (AvgIpc) is 3.16. The molecular weight excluding hydrogens is 682 g/mol. The number of ether oxygens (including phenoxy) is 4. The number of carbonyl (C=O) groups is 3. The van der Waals surface area contributed by atoms with E-state index < -0.39 is 11.4 Å². The molecule has 6 rings (SSSR count). The molecule has 0 heterocycles. The van der Waals surface area contributed by atoms with Gasteiger partial charge in [0.05, 0.1) is 32.8 Å². The van der Waals surface area contributed by atoms with Gasteiger partial charge < -0.3 is 24.1 Å². The molecule has 0 aliphatic heterocycles. The van der Waals surface area contributed by atoms with Crippen LogP contribution in [0.1, 0.15) is 105 Å². The Labute approximate surface area is 319 Å². The van der Waals surface area contributed by atoms with E-state index in [0.717, 1.165) is 56.1 Å². The van der Waals surface area contributed by atoms with Gasteiger partial charge in [0.2, 0.25) is 5.78 Å². The number of benzene rings is 1. The molecule has 0 aromatic heterocycles. The summed E-state index contributed by atoms with van der Waals surface area (Å²) in [5.74, 6) is 0.0310. The molecule has 0 radical (unpaired) electrons. The maximum absolute atomic E-state index is 13.9. The summed E-state index contributed by atoms with van der Waals surface area (Å²) in [5, 5.41) is 19.8. The molecule has 1 aromatic carbocycles. The van der Waals surface area contributed by atoms with Crippen LogP contribution in [0, 0.1) is 44.3 Å². The number of esters is 2. The molecule has 6 atom stereocenters. The fraction of sp³-hybridized carbons (Fsp3) is 0.556. The van der Waals surface area contributed by atoms with Gasteiger partial charge in [0.1, 0.15) is 11.6 Å². The number of ketones is 1. The number of hydrogen-bond donors (Lipinski definition) is 1. The first-order valence-electron chi connectivity index (χ1n) is 19.3. The van der Waals surface area contributed by atoms with Gasteiger partial charge >= 0.3 is 11.9 Å². The van der Waals surface area contributed by atoms with Crippen molar-refractivity contribution in [2.75, 3.05) is 27.4 Å². The third kappa shape index (κ3) is 6.29. The third-order valence-electron chi connectivity index (χ3n) is 14.4. The Balaban J connectivity index is 1.10. The summed E-state index contributed by atoms with van der Waals surface area (Å²) in [7, 11) is 2.77. The van der Waals surface area contributed by atoms with Crippen LogP contribution in [0.5, 0.6) is 11.5 Å². The van der Waals surface area contributed by atoms with Gasteiger partial charge in [-0.05, 0) is 135 Å². The van der Waals surface area contributed by atoms with E-state index in [1.54, 1.807) is 31.4 Å². The van der Waals surface area contributed by atoms with Crippen LogP contribution in [-0.4, -0.2) is 50.3 Å². The van der Waals surface area contributed by atoms with Crippen LogP contribution in [0.15, 0.2) is 70.1 Å². The van der Waals surface area contributed by atoms with E-state index in [9.17, 15) is 24.8 Å². The summed E-state index contributed by atoms with van der Waals surface area (Å²) < 4.78 is 22.1. The Kier molecular flexibility index (Phi) is 10.3. The SMILES string of the molecule is COC(=O)/C(C#N)=C\c1ccc(OC)c(OCCCCOC(=O)[C@]2(C)CC[C@]3(C)CC[C@]4(C)C5=CC=C6C(=CC(=O)C(O)=C6C)[C@]5(C)CC[C@@]4(C)[C@@H]3C2)c1. The zero-order valence-electron chi connectivity index (χ0n) is 33.1. The lowest BCUT2D eigenvalue weighted by atomic mass is 9.34. The quantitative estimate of drug-likeness (QED) is 0.108. The van der Waals surface area contributed by atoms with E-state index in [1.807, 2.05) is 13.0 Å². The fourth-order valence-electron chi connectivity index (χ4n) is 10.7. The van der Waals surface area contributed by atoms with Gasteiger partial charge in [0.15, 0.2) is 17.3 Å². The van der Waals surface area contributed by atoms with E-state index in [4.69, 9.17) is 14.2 Å². The number of methoxy groups -OCH3 is 2.